The summed E-state index contributed by atoms with van der Waals surface area (Å²) < 4.78 is 16.4. The number of benzene rings is 3. The first kappa shape index (κ1) is 66.0. The van der Waals surface area contributed by atoms with Gasteiger partial charge in [-0.2, -0.15) is 44.9 Å². The minimum atomic E-state index is 0.458. The molecule has 0 radical (unpaired) electrons. The molecule has 0 aliphatic carbocycles. The highest BCUT2D eigenvalue weighted by atomic mass is 35.5. The Bertz CT molecular complexity index is 4320. The van der Waals surface area contributed by atoms with Gasteiger partial charge in [-0.3, -0.25) is 15.0 Å². The molecule has 6 aromatic heterocycles. The molecule has 3 saturated heterocycles. The normalized spacial score (nSPS) is 16.8. The van der Waals surface area contributed by atoms with Crippen LogP contribution in [0.4, 0.5) is 35.7 Å². The topological polar surface area (TPSA) is 248 Å². The zero-order valence-corrected chi connectivity index (χ0v) is 57.3. The third kappa shape index (κ3) is 17.9. The fourth-order valence-electron chi connectivity index (χ4n) is 10.3. The Hall–Kier alpha value is -8.64. The van der Waals surface area contributed by atoms with E-state index < -0.39 is 0 Å². The Morgan fingerprint density at radius 3 is 1.16 bits per heavy atom. The molecule has 96 heavy (non-hydrogen) atoms. The molecule has 0 amide bonds. The van der Waals surface area contributed by atoms with Crippen molar-refractivity contribution < 1.29 is 13.3 Å². The molecule has 15 rings (SSSR count). The number of rotatable bonds is 15. The van der Waals surface area contributed by atoms with Crippen LogP contribution in [-0.4, -0.2) is 196 Å². The van der Waals surface area contributed by atoms with Crippen molar-refractivity contribution in [1.82, 2.24) is 59.6 Å². The average molecular weight is 1400 g/mol. The summed E-state index contributed by atoms with van der Waals surface area (Å²) in [5.41, 5.74) is 3.04. The lowest BCUT2D eigenvalue weighted by molar-refractivity contribution is 0.311. The van der Waals surface area contributed by atoms with E-state index in [2.05, 4.69) is 96.4 Å². The van der Waals surface area contributed by atoms with Crippen molar-refractivity contribution in [3.8, 4) is 0 Å². The number of furan rings is 3. The highest BCUT2D eigenvalue weighted by Crippen LogP contribution is 2.35. The van der Waals surface area contributed by atoms with E-state index in [1.54, 1.807) is 18.8 Å². The van der Waals surface area contributed by atoms with Crippen LogP contribution in [0.25, 0.3) is 16.7 Å². The van der Waals surface area contributed by atoms with Gasteiger partial charge in [-0.1, -0.05) is 53.0 Å². The monoisotopic (exact) mass is 1400 g/mol. The molecule has 6 aliphatic rings. The number of likely N-dealkylation sites (N-methyl/N-ethyl adjacent to an activating group) is 3. The summed E-state index contributed by atoms with van der Waals surface area (Å²) in [6, 6.07) is 34.4. The molecule has 0 unspecified atom stereocenters. The fraction of sp³-hybridized carbons (Fsp3) is 0.273. The number of hydrogen-bond donors (Lipinski definition) is 3. The molecule has 6 aliphatic heterocycles. The van der Waals surface area contributed by atoms with Crippen LogP contribution in [0, 0.1) is 0 Å². The zero-order valence-electron chi connectivity index (χ0n) is 52.6. The van der Waals surface area contributed by atoms with Crippen LogP contribution in [0.1, 0.15) is 17.3 Å². The molecule has 24 nitrogen and oxygen atoms in total. The van der Waals surface area contributed by atoms with E-state index in [1.165, 1.54) is 35.3 Å². The molecule has 3 N–H and O–H groups in total. The van der Waals surface area contributed by atoms with E-state index in [0.29, 0.717) is 103 Å². The Labute approximate surface area is 582 Å². The number of piperazine rings is 3. The van der Waals surface area contributed by atoms with Crippen molar-refractivity contribution >= 4 is 140 Å². The van der Waals surface area contributed by atoms with Gasteiger partial charge < -0.3 is 58.6 Å². The minimum absolute atomic E-state index is 0.458. The molecular weight excluding hydrogens is 1340 g/mol. The summed E-state index contributed by atoms with van der Waals surface area (Å²) in [5, 5.41) is 13.6. The number of anilines is 6. The van der Waals surface area contributed by atoms with Crippen LogP contribution >= 0.6 is 70.1 Å². The number of nitrogens with one attached hydrogen (secondary N) is 3. The highest BCUT2D eigenvalue weighted by Gasteiger charge is 2.25. The summed E-state index contributed by atoms with van der Waals surface area (Å²) >= 11 is 22.9. The summed E-state index contributed by atoms with van der Waals surface area (Å²) in [7, 11) is 6.37. The second-order valence-corrected chi connectivity index (χ2v) is 27.0. The quantitative estimate of drug-likeness (QED) is 0.0863. The first-order valence-electron chi connectivity index (χ1n) is 30.9. The first-order chi connectivity index (χ1) is 46.9. The van der Waals surface area contributed by atoms with Crippen LogP contribution in [0.2, 0.25) is 15.1 Å². The fourth-order valence-corrected chi connectivity index (χ4v) is 13.3. The number of hydrogen-bond acceptors (Lipinski definition) is 27. The number of aliphatic imine (C=N–C) groups is 3. The second kappa shape index (κ2) is 31.5. The maximum absolute atomic E-state index is 6.36. The Kier molecular flexibility index (Phi) is 21.6. The molecule has 9 aromatic rings. The predicted molar refractivity (Wildman–Crippen MR) is 383 cm³/mol. The largest absolute Gasteiger partial charge is 0.465 e. The molecule has 492 valence electrons. The van der Waals surface area contributed by atoms with Crippen molar-refractivity contribution in [2.24, 2.45) is 15.0 Å². The number of aromatic nitrogens is 9. The van der Waals surface area contributed by atoms with E-state index in [4.69, 9.17) is 78.0 Å². The number of amidine groups is 3. The summed E-state index contributed by atoms with van der Waals surface area (Å²) in [6.45, 7) is 12.6. The van der Waals surface area contributed by atoms with Crippen molar-refractivity contribution in [2.75, 3.05) is 150 Å². The van der Waals surface area contributed by atoms with E-state index in [1.807, 2.05) is 127 Å². The van der Waals surface area contributed by atoms with Gasteiger partial charge in [0.2, 0.25) is 35.7 Å². The molecule has 12 heterocycles. The number of halogens is 3. The minimum Gasteiger partial charge on any atom is -0.465 e. The van der Waals surface area contributed by atoms with Gasteiger partial charge in [0.05, 0.1) is 43.4 Å². The van der Waals surface area contributed by atoms with Crippen LogP contribution in [0.15, 0.2) is 205 Å². The van der Waals surface area contributed by atoms with Gasteiger partial charge in [0.15, 0.2) is 15.5 Å². The highest BCUT2D eigenvalue weighted by molar-refractivity contribution is 7.99. The lowest BCUT2D eigenvalue weighted by Crippen LogP contribution is -2.45. The van der Waals surface area contributed by atoms with Crippen molar-refractivity contribution in [3.63, 3.8) is 0 Å². The Morgan fingerprint density at radius 1 is 0.375 bits per heavy atom. The van der Waals surface area contributed by atoms with E-state index in [-0.39, 0.29) is 0 Å². The van der Waals surface area contributed by atoms with Crippen LogP contribution in [-0.2, 0) is 0 Å². The van der Waals surface area contributed by atoms with Gasteiger partial charge in [-0.05, 0) is 166 Å². The van der Waals surface area contributed by atoms with Gasteiger partial charge in [0.1, 0.15) is 34.8 Å². The summed E-state index contributed by atoms with van der Waals surface area (Å²) in [5.74, 6) is 7.92. The summed E-state index contributed by atoms with van der Waals surface area (Å²) in [4.78, 5) is 72.2. The zero-order chi connectivity index (χ0) is 65.7. The van der Waals surface area contributed by atoms with Gasteiger partial charge in [-0.25, -0.2) is 0 Å². The average Bonchev–Trinajstić information content (AvgIpc) is 1.16. The maximum Gasteiger partial charge on any atom is 0.234 e. The SMILES string of the molecule is CN1CCN(c2nc(NC3=NCC(c4ccco4)=C3)nc(Sc3ccc(Cl)cc3)n2)CC1.CN1CCN(c2nc(NC3=NCC(c4ccco4)=C3)nc(Sc3cccc(Cl)c3)n2)CC1.CN1CCN(c2nc(NC3=NCC(c4ccco4)=C3)nc(Sc3ccccc3Cl)n2)CC1. The predicted octanol–water partition coefficient (Wildman–Crippen LogP) is 11.8. The Balaban J connectivity index is 0.000000130. The lowest BCUT2D eigenvalue weighted by atomic mass is 10.2. The van der Waals surface area contributed by atoms with Crippen LogP contribution < -0.4 is 30.7 Å². The molecule has 0 spiro atoms. The molecule has 0 bridgehead atoms. The summed E-state index contributed by atoms with van der Waals surface area (Å²) in [6.07, 6.45) is 10.9. The van der Waals surface area contributed by atoms with Gasteiger partial charge >= 0.3 is 0 Å². The van der Waals surface area contributed by atoms with Crippen molar-refractivity contribution in [2.45, 2.75) is 30.2 Å². The molecule has 0 saturated carbocycles. The van der Waals surface area contributed by atoms with E-state index in [0.717, 1.165) is 127 Å². The first-order valence-corrected chi connectivity index (χ1v) is 34.5. The number of nitrogens with zero attached hydrogens (tertiary/aromatic N) is 18. The Morgan fingerprint density at radius 2 is 0.771 bits per heavy atom. The molecular formula is C66H66Cl3N21O3S3. The lowest BCUT2D eigenvalue weighted by Gasteiger charge is -2.32. The van der Waals surface area contributed by atoms with Crippen LogP contribution in [0.3, 0.4) is 0 Å². The van der Waals surface area contributed by atoms with Gasteiger partial charge in [-0.15, -0.1) is 0 Å². The third-order valence-corrected chi connectivity index (χ3v) is 19.3. The third-order valence-electron chi connectivity index (χ3n) is 15.7. The van der Waals surface area contributed by atoms with Gasteiger partial charge in [0, 0.05) is 120 Å². The molecule has 3 fully saturated rings. The smallest absolute Gasteiger partial charge is 0.234 e. The standard InChI is InChI=1S/3C22H22ClN7OS/c1-29-7-9-30(10-8-29)21-26-20(25-19-12-15(14-24-19)18-6-3-11-31-18)27-22(28-21)32-17-5-2-4-16(23)13-17;1-29-8-10-30(11-9-29)21-26-20(25-19-13-15(14-24-19)18-3-2-12-31-18)27-22(28-21)32-17-6-4-16(23)5-7-17;1-29-8-10-30(11-9-29)21-26-20(25-19-13-15(14-24-19)17-6-4-12-31-17)27-22(28-21)32-18-7-3-2-5-16(18)23/h2-6,11-13H,7-10,14H2,1H3,(H,24,25,26,27,28);2*2-7,12-13H,8-11,14H2,1H3,(H,24,25,26,27,28). The second-order valence-electron chi connectivity index (χ2n) is 22.7. The van der Waals surface area contributed by atoms with Crippen molar-refractivity contribution in [3.05, 3.63) is 179 Å². The maximum atomic E-state index is 6.36. The molecule has 30 heteroatoms. The van der Waals surface area contributed by atoms with Gasteiger partial charge in [0.25, 0.3) is 0 Å². The van der Waals surface area contributed by atoms with E-state index >= 15 is 0 Å². The van der Waals surface area contributed by atoms with Crippen LogP contribution in [0.5, 0.6) is 0 Å². The molecule has 0 atom stereocenters. The van der Waals surface area contributed by atoms with E-state index in [9.17, 15) is 0 Å². The van der Waals surface area contributed by atoms with Crippen molar-refractivity contribution in [1.29, 1.82) is 0 Å². The molecule has 3 aromatic carbocycles.